The van der Waals surface area contributed by atoms with Crippen LogP contribution in [0, 0.1) is 0 Å². The van der Waals surface area contributed by atoms with Gasteiger partial charge in [0, 0.05) is 18.2 Å². The van der Waals surface area contributed by atoms with Crippen molar-refractivity contribution in [3.8, 4) is 34.3 Å². The van der Waals surface area contributed by atoms with Crippen molar-refractivity contribution < 1.29 is 23.8 Å². The second-order valence-corrected chi connectivity index (χ2v) is 8.03. The standard InChI is InChI=1S/C25H30N2O5/c1-29-22-10-8-17(13-21(22)28)16-27-12-6-4-5-7-20(27)19-15-24(32-26-19)18-9-11-23(30-2)25(14-18)31-3/h8-11,13-15,20,28H,4-7,12,16H2,1-3H3/t20-/m0/s1. The van der Waals surface area contributed by atoms with Crippen molar-refractivity contribution in [2.45, 2.75) is 38.3 Å². The molecule has 7 heteroatoms. The Morgan fingerprint density at radius 2 is 1.72 bits per heavy atom. The first-order chi connectivity index (χ1) is 15.6. The van der Waals surface area contributed by atoms with Crippen LogP contribution in [-0.2, 0) is 6.54 Å². The van der Waals surface area contributed by atoms with Crippen LogP contribution in [0.4, 0.5) is 0 Å². The topological polar surface area (TPSA) is 77.2 Å². The Morgan fingerprint density at radius 3 is 2.47 bits per heavy atom. The zero-order valence-electron chi connectivity index (χ0n) is 18.8. The minimum absolute atomic E-state index is 0.152. The molecule has 0 aliphatic carbocycles. The van der Waals surface area contributed by atoms with E-state index in [0.717, 1.165) is 49.2 Å². The van der Waals surface area contributed by atoms with Gasteiger partial charge in [0.25, 0.3) is 0 Å². The van der Waals surface area contributed by atoms with Gasteiger partial charge in [-0.05, 0) is 55.3 Å². The Balaban J connectivity index is 1.58. The largest absolute Gasteiger partial charge is 0.504 e. The summed E-state index contributed by atoms with van der Waals surface area (Å²) in [5, 5.41) is 14.6. The summed E-state index contributed by atoms with van der Waals surface area (Å²) in [5.74, 6) is 2.67. The molecule has 0 radical (unpaired) electrons. The van der Waals surface area contributed by atoms with Crippen molar-refractivity contribution in [1.82, 2.24) is 10.1 Å². The number of likely N-dealkylation sites (tertiary alicyclic amines) is 1. The molecule has 1 aromatic heterocycles. The molecule has 1 fully saturated rings. The number of hydrogen-bond acceptors (Lipinski definition) is 7. The summed E-state index contributed by atoms with van der Waals surface area (Å²) in [6.07, 6.45) is 4.49. The average Bonchev–Trinajstić information content (AvgIpc) is 3.19. The Hall–Kier alpha value is -3.19. The predicted molar refractivity (Wildman–Crippen MR) is 121 cm³/mol. The van der Waals surface area contributed by atoms with Gasteiger partial charge >= 0.3 is 0 Å². The summed E-state index contributed by atoms with van der Waals surface area (Å²) in [6.45, 7) is 1.69. The summed E-state index contributed by atoms with van der Waals surface area (Å²) in [7, 11) is 4.79. The van der Waals surface area contributed by atoms with E-state index in [9.17, 15) is 5.11 Å². The number of aromatic nitrogens is 1. The molecule has 0 saturated carbocycles. The number of methoxy groups -OCH3 is 3. The summed E-state index contributed by atoms with van der Waals surface area (Å²) in [4.78, 5) is 2.42. The summed E-state index contributed by atoms with van der Waals surface area (Å²) in [5.41, 5.74) is 2.86. The van der Waals surface area contributed by atoms with Gasteiger partial charge < -0.3 is 23.8 Å². The summed E-state index contributed by atoms with van der Waals surface area (Å²) in [6, 6.07) is 13.5. The highest BCUT2D eigenvalue weighted by Crippen LogP contribution is 2.36. The predicted octanol–water partition coefficient (Wildman–Crippen LogP) is 5.19. The molecular weight excluding hydrogens is 408 g/mol. The van der Waals surface area contributed by atoms with Gasteiger partial charge in [0.1, 0.15) is 5.69 Å². The fraction of sp³-hybridized carbons (Fsp3) is 0.400. The van der Waals surface area contributed by atoms with Crippen LogP contribution in [0.15, 0.2) is 47.0 Å². The molecule has 1 aliphatic rings. The molecule has 32 heavy (non-hydrogen) atoms. The molecule has 2 aromatic carbocycles. The normalized spacial score (nSPS) is 17.0. The smallest absolute Gasteiger partial charge is 0.167 e. The van der Waals surface area contributed by atoms with Gasteiger partial charge in [-0.2, -0.15) is 0 Å². The summed E-state index contributed by atoms with van der Waals surface area (Å²) < 4.78 is 21.7. The second kappa shape index (κ2) is 9.96. The van der Waals surface area contributed by atoms with E-state index in [2.05, 4.69) is 10.1 Å². The minimum atomic E-state index is 0.152. The molecule has 3 aromatic rings. The maximum atomic E-state index is 10.2. The first-order valence-corrected chi connectivity index (χ1v) is 10.9. The summed E-state index contributed by atoms with van der Waals surface area (Å²) >= 11 is 0. The molecule has 1 saturated heterocycles. The lowest BCUT2D eigenvalue weighted by molar-refractivity contribution is 0.184. The van der Waals surface area contributed by atoms with E-state index in [-0.39, 0.29) is 11.8 Å². The van der Waals surface area contributed by atoms with Crippen molar-refractivity contribution in [2.24, 2.45) is 0 Å². The average molecular weight is 439 g/mol. The molecule has 1 atom stereocenters. The lowest BCUT2D eigenvalue weighted by atomic mass is 10.0. The van der Waals surface area contributed by atoms with E-state index in [0.29, 0.717) is 23.0 Å². The molecule has 4 rings (SSSR count). The lowest BCUT2D eigenvalue weighted by Crippen LogP contribution is -2.28. The van der Waals surface area contributed by atoms with Crippen molar-refractivity contribution in [3.05, 3.63) is 53.7 Å². The Labute approximate surface area is 188 Å². The second-order valence-electron chi connectivity index (χ2n) is 8.03. The van der Waals surface area contributed by atoms with Gasteiger partial charge in [0.05, 0.1) is 27.4 Å². The van der Waals surface area contributed by atoms with Crippen LogP contribution >= 0.6 is 0 Å². The third-order valence-electron chi connectivity index (χ3n) is 6.03. The minimum Gasteiger partial charge on any atom is -0.504 e. The molecule has 0 unspecified atom stereocenters. The van der Waals surface area contributed by atoms with Crippen LogP contribution in [0.25, 0.3) is 11.3 Å². The molecule has 1 N–H and O–H groups in total. The molecule has 0 bridgehead atoms. The number of hydrogen-bond donors (Lipinski definition) is 1. The number of ether oxygens (including phenoxy) is 3. The van der Waals surface area contributed by atoms with Crippen molar-refractivity contribution in [1.29, 1.82) is 0 Å². The van der Waals surface area contributed by atoms with Crippen LogP contribution in [0.3, 0.4) is 0 Å². The number of aromatic hydroxyl groups is 1. The van der Waals surface area contributed by atoms with E-state index >= 15 is 0 Å². The van der Waals surface area contributed by atoms with E-state index in [1.165, 1.54) is 6.42 Å². The Kier molecular flexibility index (Phi) is 6.85. The van der Waals surface area contributed by atoms with Gasteiger partial charge in [-0.3, -0.25) is 4.90 Å². The monoisotopic (exact) mass is 438 g/mol. The first kappa shape index (κ1) is 22.0. The van der Waals surface area contributed by atoms with Crippen molar-refractivity contribution in [2.75, 3.05) is 27.9 Å². The van der Waals surface area contributed by atoms with Crippen LogP contribution in [-0.4, -0.2) is 43.0 Å². The highest BCUT2D eigenvalue weighted by Gasteiger charge is 2.26. The van der Waals surface area contributed by atoms with Crippen molar-refractivity contribution in [3.63, 3.8) is 0 Å². The third kappa shape index (κ3) is 4.67. The molecule has 0 amide bonds. The number of benzene rings is 2. The van der Waals surface area contributed by atoms with Crippen molar-refractivity contribution >= 4 is 0 Å². The Morgan fingerprint density at radius 1 is 0.938 bits per heavy atom. The highest BCUT2D eigenvalue weighted by atomic mass is 16.5. The van der Waals surface area contributed by atoms with E-state index in [1.54, 1.807) is 27.4 Å². The zero-order chi connectivity index (χ0) is 22.5. The number of rotatable bonds is 7. The van der Waals surface area contributed by atoms with Gasteiger partial charge in [-0.1, -0.05) is 24.1 Å². The number of phenols is 1. The number of phenolic OH excluding ortho intramolecular Hbond substituents is 1. The van der Waals surface area contributed by atoms with Gasteiger partial charge in [-0.25, -0.2) is 0 Å². The zero-order valence-corrected chi connectivity index (χ0v) is 18.8. The van der Waals surface area contributed by atoms with Crippen LogP contribution < -0.4 is 14.2 Å². The molecule has 7 nitrogen and oxygen atoms in total. The maximum Gasteiger partial charge on any atom is 0.167 e. The van der Waals surface area contributed by atoms with Gasteiger partial charge in [0.2, 0.25) is 0 Å². The van der Waals surface area contributed by atoms with E-state index < -0.39 is 0 Å². The first-order valence-electron chi connectivity index (χ1n) is 10.9. The lowest BCUT2D eigenvalue weighted by Gasteiger charge is -2.28. The molecule has 2 heterocycles. The van der Waals surface area contributed by atoms with Gasteiger partial charge in [0.15, 0.2) is 28.8 Å². The third-order valence-corrected chi connectivity index (χ3v) is 6.03. The molecular formula is C25H30N2O5. The maximum absolute atomic E-state index is 10.2. The van der Waals surface area contributed by atoms with Gasteiger partial charge in [-0.15, -0.1) is 0 Å². The van der Waals surface area contributed by atoms with E-state index in [1.807, 2.05) is 36.4 Å². The molecule has 1 aliphatic heterocycles. The molecule has 0 spiro atoms. The quantitative estimate of drug-likeness (QED) is 0.544. The molecule has 170 valence electrons. The van der Waals surface area contributed by atoms with Crippen LogP contribution in [0.1, 0.15) is 43.0 Å². The highest BCUT2D eigenvalue weighted by molar-refractivity contribution is 5.62. The number of nitrogens with zero attached hydrogens (tertiary/aromatic N) is 2. The fourth-order valence-electron chi connectivity index (χ4n) is 4.33. The van der Waals surface area contributed by atoms with E-state index in [4.69, 9.17) is 18.7 Å². The van der Waals surface area contributed by atoms with Crippen LogP contribution in [0.5, 0.6) is 23.0 Å². The Bertz CT molecular complexity index is 1050. The fourth-order valence-corrected chi connectivity index (χ4v) is 4.33. The SMILES string of the molecule is COc1ccc(CN2CCCCC[C@H]2c2cc(-c3ccc(OC)c(OC)c3)on2)cc1O. The van der Waals surface area contributed by atoms with Crippen LogP contribution in [0.2, 0.25) is 0 Å².